The smallest absolute Gasteiger partial charge is 0.233 e. The third-order valence-corrected chi connectivity index (χ3v) is 6.94. The van der Waals surface area contributed by atoms with Crippen molar-refractivity contribution in [1.29, 1.82) is 0 Å². The maximum Gasteiger partial charge on any atom is 0.233 e. The van der Waals surface area contributed by atoms with Gasteiger partial charge in [0, 0.05) is 23.9 Å². The number of amides is 1. The van der Waals surface area contributed by atoms with Gasteiger partial charge in [0.05, 0.1) is 24.4 Å². The van der Waals surface area contributed by atoms with Crippen LogP contribution in [0.25, 0.3) is 27.5 Å². The van der Waals surface area contributed by atoms with Crippen molar-refractivity contribution in [3.05, 3.63) is 65.9 Å². The van der Waals surface area contributed by atoms with Crippen LogP contribution in [-0.4, -0.2) is 45.3 Å². The van der Waals surface area contributed by atoms with Crippen molar-refractivity contribution < 1.29 is 13.9 Å². The third kappa shape index (κ3) is 3.80. The fourth-order valence-corrected chi connectivity index (χ4v) is 4.84. The number of aryl methyl sites for hydroxylation is 1. The van der Waals surface area contributed by atoms with Gasteiger partial charge in [0.1, 0.15) is 17.1 Å². The van der Waals surface area contributed by atoms with Crippen LogP contribution in [0, 0.1) is 6.92 Å². The standard InChI is InChI=1S/C25H24N4O3S/c1-15-11-23-26-27-25(29(23)20-13-18(31-4)9-10-19(15)20)33-14-24(30)28(3)16(2)22-12-17-7-5-6-8-21(17)32-22/h5-13,16H,14H2,1-4H3. The van der Waals surface area contributed by atoms with E-state index in [0.717, 1.165) is 44.6 Å². The van der Waals surface area contributed by atoms with Crippen LogP contribution in [0.2, 0.25) is 0 Å². The van der Waals surface area contributed by atoms with Gasteiger partial charge in [-0.3, -0.25) is 9.20 Å². The molecule has 3 heterocycles. The monoisotopic (exact) mass is 460 g/mol. The van der Waals surface area contributed by atoms with Gasteiger partial charge in [-0.05, 0) is 49.7 Å². The number of methoxy groups -OCH3 is 1. The molecule has 1 amide bonds. The maximum absolute atomic E-state index is 13.0. The first-order valence-electron chi connectivity index (χ1n) is 10.7. The molecule has 8 heteroatoms. The first-order chi connectivity index (χ1) is 16.0. The highest BCUT2D eigenvalue weighted by Crippen LogP contribution is 2.30. The third-order valence-electron chi connectivity index (χ3n) is 6.03. The molecule has 0 radical (unpaired) electrons. The van der Waals surface area contributed by atoms with E-state index in [1.54, 1.807) is 19.1 Å². The zero-order valence-electron chi connectivity index (χ0n) is 18.9. The minimum absolute atomic E-state index is 0.0151. The molecule has 33 heavy (non-hydrogen) atoms. The van der Waals surface area contributed by atoms with E-state index < -0.39 is 0 Å². The number of pyridine rings is 1. The predicted molar refractivity (Wildman–Crippen MR) is 130 cm³/mol. The Morgan fingerprint density at radius 1 is 1.18 bits per heavy atom. The molecule has 5 rings (SSSR count). The topological polar surface area (TPSA) is 72.9 Å². The Morgan fingerprint density at radius 3 is 2.79 bits per heavy atom. The van der Waals surface area contributed by atoms with E-state index in [1.165, 1.54) is 11.8 Å². The van der Waals surface area contributed by atoms with Gasteiger partial charge in [-0.1, -0.05) is 30.0 Å². The number of aromatic nitrogens is 3. The molecule has 7 nitrogen and oxygen atoms in total. The first kappa shape index (κ1) is 21.3. The summed E-state index contributed by atoms with van der Waals surface area (Å²) < 4.78 is 13.3. The van der Waals surface area contributed by atoms with Gasteiger partial charge in [-0.2, -0.15) is 0 Å². The van der Waals surface area contributed by atoms with E-state index in [2.05, 4.69) is 10.2 Å². The molecule has 3 aromatic heterocycles. The van der Waals surface area contributed by atoms with Crippen molar-refractivity contribution in [2.45, 2.75) is 25.0 Å². The van der Waals surface area contributed by atoms with E-state index in [1.807, 2.05) is 72.8 Å². The fraction of sp³-hybridized carbons (Fsp3) is 0.240. The van der Waals surface area contributed by atoms with Gasteiger partial charge in [0.2, 0.25) is 5.91 Å². The second-order valence-electron chi connectivity index (χ2n) is 8.04. The number of hydrogen-bond donors (Lipinski definition) is 0. The molecule has 0 N–H and O–H groups in total. The summed E-state index contributed by atoms with van der Waals surface area (Å²) in [4.78, 5) is 14.7. The SMILES string of the molecule is COc1ccc2c(C)cc3nnc(SCC(=O)N(C)C(C)c4cc5ccccc5o4)n3c2c1. The molecule has 0 saturated heterocycles. The molecule has 1 atom stereocenters. The number of para-hydroxylation sites is 1. The van der Waals surface area contributed by atoms with Gasteiger partial charge in [0.25, 0.3) is 0 Å². The average Bonchev–Trinajstić information content (AvgIpc) is 3.45. The highest BCUT2D eigenvalue weighted by atomic mass is 32.2. The van der Waals surface area contributed by atoms with Crippen molar-refractivity contribution >= 4 is 45.2 Å². The van der Waals surface area contributed by atoms with Crippen molar-refractivity contribution in [2.24, 2.45) is 0 Å². The Balaban J connectivity index is 1.38. The Hall–Kier alpha value is -3.52. The predicted octanol–water partition coefficient (Wildman–Crippen LogP) is 5.26. The lowest BCUT2D eigenvalue weighted by Gasteiger charge is -2.23. The van der Waals surface area contributed by atoms with Crippen LogP contribution in [-0.2, 0) is 4.79 Å². The molecular formula is C25H24N4O3S. The fourth-order valence-electron chi connectivity index (χ4n) is 3.97. The van der Waals surface area contributed by atoms with E-state index >= 15 is 0 Å². The Kier molecular flexibility index (Phi) is 5.46. The molecule has 2 aromatic carbocycles. The highest BCUT2D eigenvalue weighted by Gasteiger charge is 2.22. The molecule has 1 unspecified atom stereocenters. The van der Waals surface area contributed by atoms with E-state index in [9.17, 15) is 4.79 Å². The lowest BCUT2D eigenvalue weighted by Crippen LogP contribution is -2.30. The number of hydrogen-bond acceptors (Lipinski definition) is 6. The van der Waals surface area contributed by atoms with Gasteiger partial charge in [0.15, 0.2) is 10.8 Å². The summed E-state index contributed by atoms with van der Waals surface area (Å²) in [6, 6.07) is 17.6. The Morgan fingerprint density at radius 2 is 2.00 bits per heavy atom. The number of furan rings is 1. The van der Waals surface area contributed by atoms with Crippen LogP contribution in [0.1, 0.15) is 24.3 Å². The van der Waals surface area contributed by atoms with Crippen LogP contribution in [0.15, 0.2) is 64.2 Å². The number of benzene rings is 2. The number of ether oxygens (including phenoxy) is 1. The lowest BCUT2D eigenvalue weighted by atomic mass is 10.1. The summed E-state index contributed by atoms with van der Waals surface area (Å²) >= 11 is 1.37. The van der Waals surface area contributed by atoms with Crippen molar-refractivity contribution in [2.75, 3.05) is 19.9 Å². The summed E-state index contributed by atoms with van der Waals surface area (Å²) in [5.74, 6) is 1.74. The maximum atomic E-state index is 13.0. The molecule has 0 aliphatic carbocycles. The molecule has 0 spiro atoms. The minimum Gasteiger partial charge on any atom is -0.497 e. The van der Waals surface area contributed by atoms with Crippen molar-refractivity contribution in [3.8, 4) is 5.75 Å². The summed E-state index contributed by atoms with van der Waals surface area (Å²) in [5.41, 5.74) is 3.63. The largest absolute Gasteiger partial charge is 0.497 e. The van der Waals surface area contributed by atoms with Gasteiger partial charge < -0.3 is 14.1 Å². The summed E-state index contributed by atoms with van der Waals surface area (Å²) in [6.45, 7) is 4.02. The number of rotatable bonds is 6. The number of nitrogens with zero attached hydrogens (tertiary/aromatic N) is 4. The average molecular weight is 461 g/mol. The highest BCUT2D eigenvalue weighted by molar-refractivity contribution is 7.99. The lowest BCUT2D eigenvalue weighted by molar-refractivity contribution is -0.129. The summed E-state index contributed by atoms with van der Waals surface area (Å²) in [6.07, 6.45) is 0. The number of carbonyl (C=O) groups excluding carboxylic acids is 1. The molecule has 0 fully saturated rings. The first-order valence-corrected chi connectivity index (χ1v) is 11.6. The van der Waals surface area contributed by atoms with E-state index in [-0.39, 0.29) is 17.7 Å². The molecule has 0 aliphatic rings. The number of thioether (sulfide) groups is 1. The van der Waals surface area contributed by atoms with Crippen LogP contribution in [0.3, 0.4) is 0 Å². The van der Waals surface area contributed by atoms with Crippen molar-refractivity contribution in [1.82, 2.24) is 19.5 Å². The molecule has 0 aliphatic heterocycles. The molecular weight excluding hydrogens is 436 g/mol. The summed E-state index contributed by atoms with van der Waals surface area (Å²) in [7, 11) is 3.44. The zero-order chi connectivity index (χ0) is 23.1. The molecule has 168 valence electrons. The summed E-state index contributed by atoms with van der Waals surface area (Å²) in [5, 5.41) is 11.5. The van der Waals surface area contributed by atoms with Crippen LogP contribution in [0.4, 0.5) is 0 Å². The van der Waals surface area contributed by atoms with Crippen molar-refractivity contribution in [3.63, 3.8) is 0 Å². The molecule has 5 aromatic rings. The number of carbonyl (C=O) groups is 1. The second-order valence-corrected chi connectivity index (χ2v) is 8.98. The Bertz CT molecular complexity index is 1460. The molecule has 0 bridgehead atoms. The quantitative estimate of drug-likeness (QED) is 0.322. The van der Waals surface area contributed by atoms with Gasteiger partial charge in [-0.25, -0.2) is 0 Å². The zero-order valence-corrected chi connectivity index (χ0v) is 19.7. The number of fused-ring (bicyclic) bond motifs is 4. The van der Waals surface area contributed by atoms with E-state index in [4.69, 9.17) is 9.15 Å². The minimum atomic E-state index is -0.187. The van der Waals surface area contributed by atoms with Crippen LogP contribution >= 0.6 is 11.8 Å². The normalized spacial score (nSPS) is 12.5. The van der Waals surface area contributed by atoms with Crippen LogP contribution in [0.5, 0.6) is 5.75 Å². The second kappa shape index (κ2) is 8.44. The molecule has 0 saturated carbocycles. The van der Waals surface area contributed by atoms with Crippen LogP contribution < -0.4 is 4.74 Å². The Labute approximate surface area is 195 Å². The van der Waals surface area contributed by atoms with E-state index in [0.29, 0.717) is 5.16 Å². The van der Waals surface area contributed by atoms with Gasteiger partial charge in [-0.15, -0.1) is 10.2 Å². The van der Waals surface area contributed by atoms with Gasteiger partial charge >= 0.3 is 0 Å².